The second-order valence-corrected chi connectivity index (χ2v) is 8.35. The van der Waals surface area contributed by atoms with E-state index in [4.69, 9.17) is 34.3 Å². The maximum Gasteiger partial charge on any atom is 0.285 e. The highest BCUT2D eigenvalue weighted by molar-refractivity contribution is 8.26. The Kier molecular flexibility index (Phi) is 6.76. The topological polar surface area (TPSA) is 102 Å². The average molecular weight is 462 g/mol. The van der Waals surface area contributed by atoms with E-state index in [-0.39, 0.29) is 21.5 Å². The summed E-state index contributed by atoms with van der Waals surface area (Å²) in [6.45, 7) is 1.64. The quantitative estimate of drug-likeness (QED) is 0.506. The zero-order valence-electron chi connectivity index (χ0n) is 15.7. The largest absolute Gasteiger partial charge is 0.484 e. The van der Waals surface area contributed by atoms with Gasteiger partial charge in [0.15, 0.2) is 10.9 Å². The number of hydrogen-bond acceptors (Lipinski definition) is 6. The number of thioether (sulfide) groups is 1. The summed E-state index contributed by atoms with van der Waals surface area (Å²) < 4.78 is 5.39. The van der Waals surface area contributed by atoms with E-state index >= 15 is 0 Å². The molecule has 3 rings (SSSR count). The van der Waals surface area contributed by atoms with Gasteiger partial charge in [0.1, 0.15) is 5.75 Å². The fourth-order valence-electron chi connectivity index (χ4n) is 2.50. The smallest absolute Gasteiger partial charge is 0.285 e. The zero-order valence-corrected chi connectivity index (χ0v) is 18.1. The number of thiocarbonyl (C=S) groups is 1. The number of ether oxygens (including phenoxy) is 1. The van der Waals surface area contributed by atoms with Gasteiger partial charge in [-0.15, -0.1) is 0 Å². The van der Waals surface area contributed by atoms with Crippen LogP contribution in [0.3, 0.4) is 0 Å². The highest BCUT2D eigenvalue weighted by atomic mass is 35.5. The van der Waals surface area contributed by atoms with Crippen LogP contribution in [-0.2, 0) is 9.59 Å². The molecular formula is C20H16ClN3O4S2. The third kappa shape index (κ3) is 5.18. The van der Waals surface area contributed by atoms with Gasteiger partial charge in [-0.1, -0.05) is 41.6 Å². The summed E-state index contributed by atoms with van der Waals surface area (Å²) in [5, 5.41) is 1.31. The van der Waals surface area contributed by atoms with Crippen molar-refractivity contribution in [3.05, 3.63) is 69.1 Å². The van der Waals surface area contributed by atoms with Crippen LogP contribution in [0, 0.1) is 6.92 Å². The summed E-state index contributed by atoms with van der Waals surface area (Å²) in [6.07, 6.45) is 1.64. The molecule has 1 heterocycles. The number of hydrogen-bond donors (Lipinski definition) is 2. The summed E-state index contributed by atoms with van der Waals surface area (Å²) in [5.41, 5.74) is 9.41. The minimum absolute atomic E-state index is 0.198. The minimum atomic E-state index is -0.572. The number of hydrazine groups is 1. The molecule has 0 atom stereocenters. The molecule has 0 saturated carbocycles. The van der Waals surface area contributed by atoms with Crippen molar-refractivity contribution in [2.75, 3.05) is 6.61 Å². The molecule has 10 heteroatoms. The van der Waals surface area contributed by atoms with Crippen LogP contribution in [0.1, 0.15) is 21.5 Å². The van der Waals surface area contributed by atoms with E-state index in [1.165, 1.54) is 0 Å². The Labute approximate surface area is 187 Å². The van der Waals surface area contributed by atoms with Crippen LogP contribution in [0.15, 0.2) is 47.4 Å². The van der Waals surface area contributed by atoms with Gasteiger partial charge in [0, 0.05) is 0 Å². The molecule has 3 N–H and O–H groups in total. The molecule has 0 radical (unpaired) electrons. The lowest BCUT2D eigenvalue weighted by Gasteiger charge is -2.16. The van der Waals surface area contributed by atoms with Crippen LogP contribution >= 0.6 is 35.6 Å². The number of rotatable bonds is 6. The Morgan fingerprint density at radius 3 is 2.60 bits per heavy atom. The first-order chi connectivity index (χ1) is 14.2. The Balaban J connectivity index is 1.71. The Morgan fingerprint density at radius 1 is 1.27 bits per heavy atom. The maximum absolute atomic E-state index is 12.7. The fourth-order valence-corrected chi connectivity index (χ4v) is 4.00. The summed E-state index contributed by atoms with van der Waals surface area (Å²) in [6, 6.07) is 11.7. The molecule has 0 aliphatic carbocycles. The summed E-state index contributed by atoms with van der Waals surface area (Å²) in [4.78, 5) is 36.3. The Hall–Kier alpha value is -2.88. The van der Waals surface area contributed by atoms with Crippen molar-refractivity contribution >= 4 is 63.7 Å². The maximum atomic E-state index is 12.7. The van der Waals surface area contributed by atoms with Crippen LogP contribution in [0.25, 0.3) is 6.08 Å². The predicted molar refractivity (Wildman–Crippen MR) is 120 cm³/mol. The molecule has 154 valence electrons. The van der Waals surface area contributed by atoms with Crippen molar-refractivity contribution in [3.63, 3.8) is 0 Å². The number of nitrogens with one attached hydrogen (secondary N) is 1. The average Bonchev–Trinajstić information content (AvgIpc) is 2.94. The van der Waals surface area contributed by atoms with Crippen LogP contribution in [-0.4, -0.2) is 33.7 Å². The molecule has 1 aliphatic rings. The molecule has 1 saturated heterocycles. The normalized spacial score (nSPS) is 14.9. The van der Waals surface area contributed by atoms with Crippen molar-refractivity contribution in [3.8, 4) is 5.75 Å². The third-order valence-electron chi connectivity index (χ3n) is 3.94. The number of carbonyl (C=O) groups is 3. The second-order valence-electron chi connectivity index (χ2n) is 6.27. The second kappa shape index (κ2) is 9.29. The van der Waals surface area contributed by atoms with E-state index in [2.05, 4.69) is 5.43 Å². The summed E-state index contributed by atoms with van der Waals surface area (Å²) in [5.74, 6) is -1.08. The first-order valence-corrected chi connectivity index (χ1v) is 10.2. The molecule has 2 aromatic rings. The van der Waals surface area contributed by atoms with Gasteiger partial charge in [-0.25, -0.2) is 0 Å². The van der Waals surface area contributed by atoms with E-state index in [1.54, 1.807) is 48.5 Å². The van der Waals surface area contributed by atoms with Gasteiger partial charge in [0.2, 0.25) is 0 Å². The first kappa shape index (κ1) is 21.8. The van der Waals surface area contributed by atoms with E-state index in [0.29, 0.717) is 10.7 Å². The molecule has 1 fully saturated rings. The molecule has 0 spiro atoms. The van der Waals surface area contributed by atoms with Gasteiger partial charge in [-0.05, 0) is 60.6 Å². The minimum Gasteiger partial charge on any atom is -0.484 e. The highest BCUT2D eigenvalue weighted by Gasteiger charge is 2.34. The number of primary amides is 1. The molecule has 2 aromatic carbocycles. The lowest BCUT2D eigenvalue weighted by atomic mass is 10.1. The van der Waals surface area contributed by atoms with Gasteiger partial charge < -0.3 is 10.5 Å². The molecule has 0 unspecified atom stereocenters. The van der Waals surface area contributed by atoms with E-state index < -0.39 is 17.7 Å². The molecular weight excluding hydrogens is 446 g/mol. The van der Waals surface area contributed by atoms with Crippen molar-refractivity contribution < 1.29 is 19.1 Å². The fraction of sp³-hybridized carbons (Fsp3) is 0.100. The molecule has 0 bridgehead atoms. The van der Waals surface area contributed by atoms with Crippen LogP contribution in [0.5, 0.6) is 5.75 Å². The van der Waals surface area contributed by atoms with Gasteiger partial charge in [-0.3, -0.25) is 19.8 Å². The van der Waals surface area contributed by atoms with Crippen LogP contribution < -0.4 is 15.9 Å². The third-order valence-corrected chi connectivity index (χ3v) is 5.55. The monoisotopic (exact) mass is 461 g/mol. The van der Waals surface area contributed by atoms with Gasteiger partial charge in [-0.2, -0.15) is 5.01 Å². The Morgan fingerprint density at radius 2 is 1.97 bits per heavy atom. The number of amides is 3. The predicted octanol–water partition coefficient (Wildman–Crippen LogP) is 3.06. The zero-order chi connectivity index (χ0) is 21.8. The number of carbonyl (C=O) groups excluding carboxylic acids is 3. The van der Waals surface area contributed by atoms with E-state index in [9.17, 15) is 14.4 Å². The number of aryl methyl sites for hydroxylation is 1. The molecule has 3 amide bonds. The van der Waals surface area contributed by atoms with E-state index in [1.807, 2.05) is 6.92 Å². The number of halogens is 1. The van der Waals surface area contributed by atoms with Gasteiger partial charge >= 0.3 is 0 Å². The standard InChI is InChI=1S/C20H16ClN3O4S2/c1-11-2-7-14(15(21)8-11)18(26)23-24-19(27)16(30-20(24)29)9-12-3-5-13(6-4-12)28-10-17(22)25/h2-9H,10H2,1H3,(H2,22,25)(H,23,26)/b16-9-. The highest BCUT2D eigenvalue weighted by Crippen LogP contribution is 2.32. The molecule has 1 aliphatic heterocycles. The molecule has 30 heavy (non-hydrogen) atoms. The van der Waals surface area contributed by atoms with E-state index in [0.717, 1.165) is 27.9 Å². The molecule has 0 aromatic heterocycles. The number of benzene rings is 2. The van der Waals surface area contributed by atoms with Crippen molar-refractivity contribution in [2.24, 2.45) is 5.73 Å². The van der Waals surface area contributed by atoms with Crippen molar-refractivity contribution in [1.82, 2.24) is 10.4 Å². The molecule has 7 nitrogen and oxygen atoms in total. The lowest BCUT2D eigenvalue weighted by Crippen LogP contribution is -2.44. The Bertz CT molecular complexity index is 1070. The van der Waals surface area contributed by atoms with Crippen molar-refractivity contribution in [1.29, 1.82) is 0 Å². The van der Waals surface area contributed by atoms with Gasteiger partial charge in [0.05, 0.1) is 15.5 Å². The van der Waals surface area contributed by atoms with Crippen LogP contribution in [0.4, 0.5) is 0 Å². The van der Waals surface area contributed by atoms with Crippen LogP contribution in [0.2, 0.25) is 5.02 Å². The number of nitrogens with two attached hydrogens (primary N) is 1. The van der Waals surface area contributed by atoms with Crippen molar-refractivity contribution in [2.45, 2.75) is 6.92 Å². The lowest BCUT2D eigenvalue weighted by molar-refractivity contribution is -0.123. The number of nitrogens with zero attached hydrogens (tertiary/aromatic N) is 1. The first-order valence-electron chi connectivity index (χ1n) is 8.61. The summed E-state index contributed by atoms with van der Waals surface area (Å²) in [7, 11) is 0. The van der Waals surface area contributed by atoms with Gasteiger partial charge in [0.25, 0.3) is 17.7 Å². The SMILES string of the molecule is Cc1ccc(C(=O)NN2C(=O)/C(=C/c3ccc(OCC(N)=O)cc3)SC2=S)c(Cl)c1. The summed E-state index contributed by atoms with van der Waals surface area (Å²) >= 11 is 12.4.